The van der Waals surface area contributed by atoms with Gasteiger partial charge in [0, 0.05) is 31.1 Å². The number of unbranched alkanes of at least 4 members (excludes halogenated alkanes) is 1. The van der Waals surface area contributed by atoms with Crippen LogP contribution in [-0.2, 0) is 25.6 Å². The summed E-state index contributed by atoms with van der Waals surface area (Å²) in [5, 5.41) is 11.3. The molecule has 1 aromatic carbocycles. The monoisotopic (exact) mass is 756 g/mol. The van der Waals surface area contributed by atoms with Gasteiger partial charge in [0.25, 0.3) is 5.91 Å². The van der Waals surface area contributed by atoms with Crippen LogP contribution in [0.5, 0.6) is 5.75 Å². The molecule has 0 aliphatic carbocycles. The number of benzene rings is 1. The predicted octanol–water partition coefficient (Wildman–Crippen LogP) is 6.99. The predicted molar refractivity (Wildman–Crippen MR) is 221 cm³/mol. The molecule has 11 nitrogen and oxygen atoms in total. The Bertz CT molecular complexity index is 1320. The van der Waals surface area contributed by atoms with Crippen LogP contribution in [0.15, 0.2) is 36.9 Å². The highest BCUT2D eigenvalue weighted by Crippen LogP contribution is 2.29. The fourth-order valence-corrected chi connectivity index (χ4v) is 5.26. The van der Waals surface area contributed by atoms with Crippen LogP contribution < -0.4 is 26.0 Å². The molecular formula is C43H73N5O6. The normalized spacial score (nSPS) is 16.6. The summed E-state index contributed by atoms with van der Waals surface area (Å²) in [6.45, 7) is 26.4. The number of carbonyl (C=O) groups excluding carboxylic acids is 5. The number of aldehydes is 1. The topological polar surface area (TPSA) is 146 Å². The van der Waals surface area contributed by atoms with Gasteiger partial charge in [0.2, 0.25) is 18.1 Å². The Morgan fingerprint density at radius 2 is 1.69 bits per heavy atom. The smallest absolute Gasteiger partial charge is 0.315 e. The molecule has 1 heterocycles. The van der Waals surface area contributed by atoms with Crippen molar-refractivity contribution in [3.63, 3.8) is 0 Å². The highest BCUT2D eigenvalue weighted by molar-refractivity contribution is 6.23. The first-order valence-corrected chi connectivity index (χ1v) is 19.5. The molecule has 2 rings (SSSR count). The summed E-state index contributed by atoms with van der Waals surface area (Å²) in [5.41, 5.74) is -0.0727. The molecule has 11 heteroatoms. The third kappa shape index (κ3) is 20.8. The Balaban J connectivity index is 0. The first-order chi connectivity index (χ1) is 25.4. The Kier molecular flexibility index (Phi) is 27.0. The summed E-state index contributed by atoms with van der Waals surface area (Å²) >= 11 is 0. The van der Waals surface area contributed by atoms with E-state index in [0.29, 0.717) is 38.8 Å². The second-order valence-electron chi connectivity index (χ2n) is 15.1. The quantitative estimate of drug-likeness (QED) is 0.0658. The number of amides is 5. The van der Waals surface area contributed by atoms with Crippen molar-refractivity contribution in [2.75, 3.05) is 20.2 Å². The standard InChI is InChI=1S/C31H48N4O4.C5H7NO2.C4H10.C3H8/c1-10-12-14-22(4)32-27(36)25-21(3)17-18-35(25)28(37)26(30(5,6)7)33-29(38)34-31(8,11-2)20-23-15-13-16-24(19-23)39-9;1-2-3-6-5(8)4-7;1-3-4-2;1-3-2/h1,13,15-16,19,21-22,25-26H,11-12,14,17-18,20H2,2-9H3,(H,32,36)(H2,33,34,38);2,4H,1,3H2,(H,6,8);3-4H2,1-2H3;3H2,1-2H3. The summed E-state index contributed by atoms with van der Waals surface area (Å²) in [5.74, 6) is 2.34. The van der Waals surface area contributed by atoms with E-state index in [1.54, 1.807) is 12.0 Å². The number of hydrogen-bond donors (Lipinski definition) is 4. The zero-order chi connectivity index (χ0) is 41.9. The lowest BCUT2D eigenvalue weighted by Crippen LogP contribution is -2.61. The first kappa shape index (κ1) is 51.8. The fourth-order valence-electron chi connectivity index (χ4n) is 5.26. The highest BCUT2D eigenvalue weighted by atomic mass is 16.5. The SMILES string of the molecule is C#CCCC(C)NC(=O)C1C(C)CCN1C(=O)C(NC(=O)NC(C)(CC)Cc1cccc(OC)c1)C(C)(C)C.C=CCNC(=O)C=O.CCC.CCCC. The van der Waals surface area contributed by atoms with Crippen molar-refractivity contribution in [3.8, 4) is 18.1 Å². The van der Waals surface area contributed by atoms with Gasteiger partial charge in [-0.2, -0.15) is 0 Å². The lowest BCUT2D eigenvalue weighted by Gasteiger charge is -2.37. The Labute approximate surface area is 327 Å². The van der Waals surface area contributed by atoms with E-state index in [-0.39, 0.29) is 30.1 Å². The van der Waals surface area contributed by atoms with Crippen LogP contribution in [0.1, 0.15) is 127 Å². The van der Waals surface area contributed by atoms with E-state index in [0.717, 1.165) is 17.7 Å². The van der Waals surface area contributed by atoms with Crippen LogP contribution in [0.2, 0.25) is 0 Å². The van der Waals surface area contributed by atoms with Gasteiger partial charge in [-0.15, -0.1) is 18.9 Å². The van der Waals surface area contributed by atoms with Gasteiger partial charge in [0.05, 0.1) is 7.11 Å². The van der Waals surface area contributed by atoms with Gasteiger partial charge in [-0.25, -0.2) is 4.79 Å². The van der Waals surface area contributed by atoms with E-state index >= 15 is 0 Å². The second-order valence-corrected chi connectivity index (χ2v) is 15.1. The van der Waals surface area contributed by atoms with Crippen LogP contribution in [0.4, 0.5) is 4.79 Å². The number of likely N-dealkylation sites (tertiary alicyclic amines) is 1. The minimum Gasteiger partial charge on any atom is -0.497 e. The molecule has 1 aliphatic heterocycles. The number of nitrogens with one attached hydrogen (secondary N) is 4. The van der Waals surface area contributed by atoms with Crippen LogP contribution in [-0.4, -0.2) is 78.8 Å². The molecule has 5 amide bonds. The van der Waals surface area contributed by atoms with Gasteiger partial charge in [-0.3, -0.25) is 19.2 Å². The molecule has 0 bridgehead atoms. The van der Waals surface area contributed by atoms with E-state index in [9.17, 15) is 24.0 Å². The number of urea groups is 1. The fraction of sp³-hybridized carbons (Fsp3) is 0.651. The minimum absolute atomic E-state index is 0.00877. The number of hydrogen-bond acceptors (Lipinski definition) is 6. The largest absolute Gasteiger partial charge is 0.497 e. The van der Waals surface area contributed by atoms with Gasteiger partial charge in [-0.05, 0) is 68.6 Å². The molecule has 5 atom stereocenters. The van der Waals surface area contributed by atoms with E-state index in [1.807, 2.05) is 72.7 Å². The van der Waals surface area contributed by atoms with Gasteiger partial charge in [-0.1, -0.05) is 99.8 Å². The lowest BCUT2D eigenvalue weighted by atomic mass is 9.85. The van der Waals surface area contributed by atoms with Crippen molar-refractivity contribution >= 4 is 30.0 Å². The molecule has 0 aromatic heterocycles. The van der Waals surface area contributed by atoms with E-state index in [4.69, 9.17) is 11.2 Å². The molecule has 54 heavy (non-hydrogen) atoms. The Morgan fingerprint density at radius 1 is 1.07 bits per heavy atom. The summed E-state index contributed by atoms with van der Waals surface area (Å²) < 4.78 is 5.34. The highest BCUT2D eigenvalue weighted by Gasteiger charge is 2.45. The van der Waals surface area contributed by atoms with E-state index in [1.165, 1.54) is 25.3 Å². The molecule has 306 valence electrons. The number of rotatable bonds is 15. The molecule has 4 N–H and O–H groups in total. The molecule has 5 unspecified atom stereocenters. The van der Waals surface area contributed by atoms with E-state index < -0.39 is 35.0 Å². The number of carbonyl (C=O) groups is 5. The second kappa shape index (κ2) is 28.2. The third-order valence-corrected chi connectivity index (χ3v) is 8.70. The molecule has 0 radical (unpaired) electrons. The Morgan fingerprint density at radius 3 is 2.17 bits per heavy atom. The van der Waals surface area contributed by atoms with Gasteiger partial charge in [0.1, 0.15) is 17.8 Å². The van der Waals surface area contributed by atoms with Crippen molar-refractivity contribution < 1.29 is 28.7 Å². The van der Waals surface area contributed by atoms with Crippen LogP contribution in [0.25, 0.3) is 0 Å². The summed E-state index contributed by atoms with van der Waals surface area (Å²) in [4.78, 5) is 61.7. The number of nitrogens with zero attached hydrogens (tertiary/aromatic N) is 1. The zero-order valence-electron chi connectivity index (χ0n) is 35.5. The van der Waals surface area contributed by atoms with Crippen LogP contribution in [0.3, 0.4) is 0 Å². The maximum Gasteiger partial charge on any atom is 0.315 e. The maximum atomic E-state index is 13.9. The van der Waals surface area contributed by atoms with Crippen molar-refractivity contribution in [1.82, 2.24) is 26.2 Å². The van der Waals surface area contributed by atoms with Crippen LogP contribution in [0, 0.1) is 23.7 Å². The number of methoxy groups -OCH3 is 1. The molecule has 0 saturated carbocycles. The zero-order valence-corrected chi connectivity index (χ0v) is 35.5. The molecular weight excluding hydrogens is 683 g/mol. The molecule has 1 aliphatic rings. The first-order valence-electron chi connectivity index (χ1n) is 19.5. The maximum absolute atomic E-state index is 13.9. The van der Waals surface area contributed by atoms with Gasteiger partial charge in [0.15, 0.2) is 0 Å². The van der Waals surface area contributed by atoms with E-state index in [2.05, 4.69) is 61.5 Å². The van der Waals surface area contributed by atoms with Gasteiger partial charge < -0.3 is 30.9 Å². The van der Waals surface area contributed by atoms with Gasteiger partial charge >= 0.3 is 6.03 Å². The number of ether oxygens (including phenoxy) is 1. The number of terminal acetylenes is 1. The summed E-state index contributed by atoms with van der Waals surface area (Å²) in [7, 11) is 1.63. The third-order valence-electron chi connectivity index (χ3n) is 8.70. The van der Waals surface area contributed by atoms with Crippen molar-refractivity contribution in [1.29, 1.82) is 0 Å². The average molecular weight is 756 g/mol. The van der Waals surface area contributed by atoms with Crippen molar-refractivity contribution in [3.05, 3.63) is 42.5 Å². The molecule has 0 spiro atoms. The molecule has 1 aromatic rings. The summed E-state index contributed by atoms with van der Waals surface area (Å²) in [6.07, 6.45) is 14.2. The van der Waals surface area contributed by atoms with Crippen LogP contribution >= 0.6 is 0 Å². The average Bonchev–Trinajstić information content (AvgIpc) is 3.53. The lowest BCUT2D eigenvalue weighted by molar-refractivity contribution is -0.142. The molecule has 1 saturated heterocycles. The summed E-state index contributed by atoms with van der Waals surface area (Å²) in [6, 6.07) is 5.88. The van der Waals surface area contributed by atoms with Crippen molar-refractivity contribution in [2.24, 2.45) is 11.3 Å². The van der Waals surface area contributed by atoms with Crippen molar-refractivity contribution in [2.45, 2.75) is 151 Å². The minimum atomic E-state index is -0.810. The molecule has 1 fully saturated rings. The Hall–Kier alpha value is -4.33.